The van der Waals surface area contributed by atoms with Gasteiger partial charge >= 0.3 is 5.69 Å². The number of fused-ring (bicyclic) bond motifs is 1. The van der Waals surface area contributed by atoms with Gasteiger partial charge in [-0.15, -0.1) is 0 Å². The van der Waals surface area contributed by atoms with Crippen LogP contribution in [0.4, 0.5) is 0 Å². The zero-order chi connectivity index (χ0) is 13.1. The maximum atomic E-state index is 11.8. The molecule has 94 valence electrons. The van der Waals surface area contributed by atoms with Crippen molar-refractivity contribution < 1.29 is 0 Å². The minimum Gasteiger partial charge on any atom is -0.290 e. The molecule has 0 amide bonds. The molecular formula is C13H13BrN2O2. The zero-order valence-corrected chi connectivity index (χ0v) is 11.5. The molecule has 0 atom stereocenters. The Hall–Kier alpha value is -1.62. The van der Waals surface area contributed by atoms with Crippen LogP contribution in [-0.4, -0.2) is 14.9 Å². The fraction of sp³-hybridized carbons (Fsp3) is 0.231. The molecule has 1 aromatic heterocycles. The Balaban J connectivity index is 2.63. The Morgan fingerprint density at radius 2 is 2.11 bits per heavy atom. The Morgan fingerprint density at radius 3 is 2.83 bits per heavy atom. The lowest BCUT2D eigenvalue weighted by Gasteiger charge is -2.07. The van der Waals surface area contributed by atoms with Gasteiger partial charge in [-0.3, -0.25) is 14.3 Å². The summed E-state index contributed by atoms with van der Waals surface area (Å²) in [6.07, 6.45) is 1.96. The van der Waals surface area contributed by atoms with Crippen LogP contribution in [0.15, 0.2) is 45.5 Å². The Morgan fingerprint density at radius 1 is 1.39 bits per heavy atom. The van der Waals surface area contributed by atoms with E-state index in [9.17, 15) is 9.59 Å². The third-order valence-corrected chi connectivity index (χ3v) is 3.62. The largest absolute Gasteiger partial charge is 0.329 e. The molecule has 1 heterocycles. The number of allylic oxidation sites excluding steroid dienone is 2. The first-order valence-electron chi connectivity index (χ1n) is 5.57. The lowest BCUT2D eigenvalue weighted by atomic mass is 10.2. The molecule has 2 rings (SSSR count). The second kappa shape index (κ2) is 5.35. The van der Waals surface area contributed by atoms with Gasteiger partial charge in [0.2, 0.25) is 0 Å². The molecule has 0 saturated carbocycles. The maximum absolute atomic E-state index is 11.8. The summed E-state index contributed by atoms with van der Waals surface area (Å²) in [5, 5.41) is 1.30. The van der Waals surface area contributed by atoms with E-state index in [0.717, 1.165) is 10.9 Å². The highest BCUT2D eigenvalue weighted by atomic mass is 79.9. The van der Waals surface area contributed by atoms with Crippen LogP contribution >= 0.6 is 15.9 Å². The fourth-order valence-corrected chi connectivity index (χ4v) is 1.95. The number of aromatic nitrogens is 2. The molecule has 2 aromatic rings. The number of hydrogen-bond donors (Lipinski definition) is 1. The van der Waals surface area contributed by atoms with E-state index in [0.29, 0.717) is 17.4 Å². The number of alkyl halides is 1. The smallest absolute Gasteiger partial charge is 0.290 e. The predicted molar refractivity (Wildman–Crippen MR) is 76.4 cm³/mol. The summed E-state index contributed by atoms with van der Waals surface area (Å²) in [5.41, 5.74) is 1.08. The van der Waals surface area contributed by atoms with E-state index in [-0.39, 0.29) is 11.2 Å². The van der Waals surface area contributed by atoms with Gasteiger partial charge in [-0.25, -0.2) is 4.79 Å². The van der Waals surface area contributed by atoms with Gasteiger partial charge in [-0.05, 0) is 19.1 Å². The van der Waals surface area contributed by atoms with Crippen LogP contribution in [0.2, 0.25) is 0 Å². The highest BCUT2D eigenvalue weighted by Gasteiger charge is 2.05. The molecule has 0 aliphatic carbocycles. The van der Waals surface area contributed by atoms with Crippen molar-refractivity contribution in [3.63, 3.8) is 0 Å². The number of benzene rings is 1. The minimum atomic E-state index is -0.377. The summed E-state index contributed by atoms with van der Waals surface area (Å²) < 4.78 is 1.56. The quantitative estimate of drug-likeness (QED) is 0.697. The fourth-order valence-electron chi connectivity index (χ4n) is 1.73. The van der Waals surface area contributed by atoms with E-state index in [1.807, 2.05) is 19.1 Å². The van der Waals surface area contributed by atoms with Crippen molar-refractivity contribution in [2.24, 2.45) is 0 Å². The van der Waals surface area contributed by atoms with E-state index in [1.54, 1.807) is 22.8 Å². The SMILES string of the molecule is C/C(=C\Cn1c(=O)[nH]c(=O)c2ccccc21)CBr. The molecule has 5 heteroatoms. The zero-order valence-electron chi connectivity index (χ0n) is 9.94. The van der Waals surface area contributed by atoms with Gasteiger partial charge in [0.05, 0.1) is 10.9 Å². The Kier molecular flexibility index (Phi) is 3.81. The molecular weight excluding hydrogens is 296 g/mol. The summed E-state index contributed by atoms with van der Waals surface area (Å²) in [4.78, 5) is 25.8. The van der Waals surface area contributed by atoms with Crippen molar-refractivity contribution in [1.82, 2.24) is 9.55 Å². The van der Waals surface area contributed by atoms with E-state index >= 15 is 0 Å². The summed E-state index contributed by atoms with van der Waals surface area (Å²) in [5.74, 6) is 0. The van der Waals surface area contributed by atoms with Gasteiger partial charge in [0.15, 0.2) is 0 Å². The number of H-pyrrole nitrogens is 1. The summed E-state index contributed by atoms with van der Waals surface area (Å²) in [6.45, 7) is 2.43. The van der Waals surface area contributed by atoms with E-state index in [2.05, 4.69) is 20.9 Å². The minimum absolute atomic E-state index is 0.340. The van der Waals surface area contributed by atoms with Crippen LogP contribution in [0.1, 0.15) is 6.92 Å². The van der Waals surface area contributed by atoms with Crippen molar-refractivity contribution in [3.05, 3.63) is 56.8 Å². The molecule has 18 heavy (non-hydrogen) atoms. The van der Waals surface area contributed by atoms with Crippen molar-refractivity contribution >= 4 is 26.8 Å². The van der Waals surface area contributed by atoms with Crippen LogP contribution in [0, 0.1) is 0 Å². The van der Waals surface area contributed by atoms with E-state index in [1.165, 1.54) is 0 Å². The van der Waals surface area contributed by atoms with Gasteiger partial charge < -0.3 is 0 Å². The number of rotatable bonds is 3. The van der Waals surface area contributed by atoms with Crippen LogP contribution in [0.3, 0.4) is 0 Å². The van der Waals surface area contributed by atoms with Crippen molar-refractivity contribution in [2.45, 2.75) is 13.5 Å². The molecule has 1 aromatic carbocycles. The van der Waals surface area contributed by atoms with Crippen molar-refractivity contribution in [3.8, 4) is 0 Å². The Bertz CT molecular complexity index is 713. The number of para-hydroxylation sites is 1. The van der Waals surface area contributed by atoms with Crippen LogP contribution < -0.4 is 11.2 Å². The van der Waals surface area contributed by atoms with E-state index < -0.39 is 0 Å². The molecule has 0 aliphatic heterocycles. The molecule has 0 spiro atoms. The first-order chi connectivity index (χ1) is 8.63. The number of nitrogens with one attached hydrogen (secondary N) is 1. The maximum Gasteiger partial charge on any atom is 0.329 e. The lowest BCUT2D eigenvalue weighted by Crippen LogP contribution is -2.30. The molecule has 4 nitrogen and oxygen atoms in total. The third kappa shape index (κ3) is 2.46. The average Bonchev–Trinajstić information content (AvgIpc) is 2.38. The molecule has 0 saturated heterocycles. The molecule has 0 fully saturated rings. The highest BCUT2D eigenvalue weighted by molar-refractivity contribution is 9.09. The lowest BCUT2D eigenvalue weighted by molar-refractivity contribution is 0.770. The van der Waals surface area contributed by atoms with Gasteiger partial charge in [0, 0.05) is 11.9 Å². The number of halogens is 1. The summed E-state index contributed by atoms with van der Waals surface area (Å²) in [6, 6.07) is 7.10. The number of nitrogens with zero attached hydrogens (tertiary/aromatic N) is 1. The van der Waals surface area contributed by atoms with Gasteiger partial charge in [-0.1, -0.05) is 39.7 Å². The summed E-state index contributed by atoms with van der Waals surface area (Å²) in [7, 11) is 0. The standard InChI is InChI=1S/C13H13BrN2O2/c1-9(8-14)6-7-16-11-5-3-2-4-10(11)12(17)15-13(16)18/h2-6H,7-8H2,1H3,(H,15,17,18)/b9-6+. The average molecular weight is 309 g/mol. The van der Waals surface area contributed by atoms with Crippen LogP contribution in [0.25, 0.3) is 10.9 Å². The molecule has 0 unspecified atom stereocenters. The number of aromatic amines is 1. The van der Waals surface area contributed by atoms with Crippen molar-refractivity contribution in [1.29, 1.82) is 0 Å². The normalized spacial score (nSPS) is 12.0. The predicted octanol–water partition coefficient (Wildman–Crippen LogP) is 2.03. The highest BCUT2D eigenvalue weighted by Crippen LogP contribution is 2.07. The molecule has 1 N–H and O–H groups in total. The molecule has 0 bridgehead atoms. The molecule has 0 aliphatic rings. The monoisotopic (exact) mass is 308 g/mol. The molecule has 0 radical (unpaired) electrons. The Labute approximate surface area is 112 Å². The van der Waals surface area contributed by atoms with Gasteiger partial charge in [0.25, 0.3) is 5.56 Å². The second-order valence-electron chi connectivity index (χ2n) is 4.07. The van der Waals surface area contributed by atoms with Gasteiger partial charge in [0.1, 0.15) is 0 Å². The third-order valence-electron chi connectivity index (χ3n) is 2.74. The van der Waals surface area contributed by atoms with Gasteiger partial charge in [-0.2, -0.15) is 0 Å². The topological polar surface area (TPSA) is 54.9 Å². The van der Waals surface area contributed by atoms with Crippen LogP contribution in [-0.2, 0) is 6.54 Å². The number of hydrogen-bond acceptors (Lipinski definition) is 2. The van der Waals surface area contributed by atoms with E-state index in [4.69, 9.17) is 0 Å². The second-order valence-corrected chi connectivity index (χ2v) is 4.63. The summed E-state index contributed by atoms with van der Waals surface area (Å²) >= 11 is 3.35. The van der Waals surface area contributed by atoms with Crippen LogP contribution in [0.5, 0.6) is 0 Å². The van der Waals surface area contributed by atoms with Crippen molar-refractivity contribution in [2.75, 3.05) is 5.33 Å². The first kappa shape index (κ1) is 12.8. The first-order valence-corrected chi connectivity index (χ1v) is 6.69.